The van der Waals surface area contributed by atoms with E-state index in [0.717, 1.165) is 5.56 Å². The van der Waals surface area contributed by atoms with E-state index in [1.807, 2.05) is 30.3 Å². The van der Waals surface area contributed by atoms with Crippen molar-refractivity contribution in [2.75, 3.05) is 11.4 Å². The molecule has 1 aliphatic heterocycles. The Morgan fingerprint density at radius 3 is 2.88 bits per heavy atom. The number of rotatable bonds is 5. The molecule has 0 spiro atoms. The Morgan fingerprint density at radius 1 is 1.29 bits per heavy atom. The minimum absolute atomic E-state index is 0.113. The molecule has 2 aromatic rings. The molecule has 0 aliphatic carbocycles. The smallest absolute Gasteiger partial charge is 0.249 e. The quantitative estimate of drug-likeness (QED) is 0.907. The first-order valence-electron chi connectivity index (χ1n) is 7.89. The second-order valence-corrected chi connectivity index (χ2v) is 6.12. The lowest BCUT2D eigenvalue weighted by molar-refractivity contribution is -0.126. The Balaban J connectivity index is 1.56. The number of benzene rings is 1. The van der Waals surface area contributed by atoms with Crippen molar-refractivity contribution in [1.29, 1.82) is 0 Å². The summed E-state index contributed by atoms with van der Waals surface area (Å²) in [5.41, 5.74) is 1.69. The van der Waals surface area contributed by atoms with Crippen LogP contribution < -0.4 is 10.2 Å². The third kappa shape index (κ3) is 3.74. The van der Waals surface area contributed by atoms with Gasteiger partial charge in [0.15, 0.2) is 0 Å². The highest BCUT2D eigenvalue weighted by atomic mass is 35.5. The summed E-state index contributed by atoms with van der Waals surface area (Å²) >= 11 is 6.15. The molecule has 0 bridgehead atoms. The van der Waals surface area contributed by atoms with Gasteiger partial charge in [0, 0.05) is 25.4 Å². The molecule has 0 unspecified atom stereocenters. The Bertz CT molecular complexity index is 736. The van der Waals surface area contributed by atoms with Gasteiger partial charge in [0.05, 0.1) is 10.7 Å². The summed E-state index contributed by atoms with van der Waals surface area (Å²) in [6.07, 6.45) is 4.97. The molecule has 2 amide bonds. The highest BCUT2D eigenvalue weighted by Gasteiger charge is 2.34. The number of aryl methyl sites for hydroxylation is 1. The van der Waals surface area contributed by atoms with E-state index in [2.05, 4.69) is 10.3 Å². The number of pyridine rings is 1. The molecule has 1 atom stereocenters. The van der Waals surface area contributed by atoms with E-state index < -0.39 is 6.04 Å². The lowest BCUT2D eigenvalue weighted by Crippen LogP contribution is -2.41. The number of halogens is 1. The highest BCUT2D eigenvalue weighted by molar-refractivity contribution is 6.34. The van der Waals surface area contributed by atoms with Crippen molar-refractivity contribution in [3.8, 4) is 0 Å². The van der Waals surface area contributed by atoms with Gasteiger partial charge in [0.2, 0.25) is 11.8 Å². The van der Waals surface area contributed by atoms with E-state index in [9.17, 15) is 9.59 Å². The van der Waals surface area contributed by atoms with E-state index in [0.29, 0.717) is 36.5 Å². The zero-order chi connectivity index (χ0) is 16.9. The first-order valence-corrected chi connectivity index (χ1v) is 8.27. The van der Waals surface area contributed by atoms with Gasteiger partial charge in [-0.3, -0.25) is 14.6 Å². The maximum atomic E-state index is 12.5. The van der Waals surface area contributed by atoms with Gasteiger partial charge in [-0.1, -0.05) is 29.8 Å². The summed E-state index contributed by atoms with van der Waals surface area (Å²) in [6, 6.07) is 10.5. The van der Waals surface area contributed by atoms with Crippen molar-refractivity contribution in [3.63, 3.8) is 0 Å². The van der Waals surface area contributed by atoms with Crippen LogP contribution in [0.15, 0.2) is 48.8 Å². The SMILES string of the molecule is O=C(CCc1cccnc1)N[C@H]1CCN(c2ccccc2Cl)C1=O. The van der Waals surface area contributed by atoms with E-state index >= 15 is 0 Å². The van der Waals surface area contributed by atoms with Gasteiger partial charge in [-0.2, -0.15) is 0 Å². The van der Waals surface area contributed by atoms with Crippen LogP contribution in [0.1, 0.15) is 18.4 Å². The molecule has 0 saturated carbocycles. The standard InChI is InChI=1S/C18H18ClN3O2/c19-14-5-1-2-6-16(14)22-11-9-15(18(22)24)21-17(23)8-7-13-4-3-10-20-12-13/h1-6,10,12,15H,7-9,11H2,(H,21,23)/t15-/m0/s1. The minimum atomic E-state index is -0.484. The van der Waals surface area contributed by atoms with Crippen molar-refractivity contribution in [2.24, 2.45) is 0 Å². The fourth-order valence-electron chi connectivity index (χ4n) is 2.79. The predicted molar refractivity (Wildman–Crippen MR) is 92.9 cm³/mol. The number of anilines is 1. The number of para-hydroxylation sites is 1. The molecule has 1 aromatic heterocycles. The number of aromatic nitrogens is 1. The molecule has 2 heterocycles. The lowest BCUT2D eigenvalue weighted by atomic mass is 10.1. The topological polar surface area (TPSA) is 62.3 Å². The van der Waals surface area contributed by atoms with Gasteiger partial charge in [0.1, 0.15) is 6.04 Å². The average Bonchev–Trinajstić information content (AvgIpc) is 2.95. The highest BCUT2D eigenvalue weighted by Crippen LogP contribution is 2.28. The normalized spacial score (nSPS) is 17.1. The molecule has 24 heavy (non-hydrogen) atoms. The molecule has 1 aromatic carbocycles. The van der Waals surface area contributed by atoms with Gasteiger partial charge in [-0.05, 0) is 36.6 Å². The van der Waals surface area contributed by atoms with Crippen molar-refractivity contribution in [2.45, 2.75) is 25.3 Å². The van der Waals surface area contributed by atoms with Gasteiger partial charge >= 0.3 is 0 Å². The maximum Gasteiger partial charge on any atom is 0.249 e. The number of carbonyl (C=O) groups is 2. The Morgan fingerprint density at radius 2 is 2.12 bits per heavy atom. The van der Waals surface area contributed by atoms with Gasteiger partial charge in [-0.15, -0.1) is 0 Å². The third-order valence-electron chi connectivity index (χ3n) is 4.05. The predicted octanol–water partition coefficient (Wildman–Crippen LogP) is 2.59. The van der Waals surface area contributed by atoms with Crippen LogP contribution in [0.25, 0.3) is 0 Å². The summed E-state index contributed by atoms with van der Waals surface area (Å²) in [6.45, 7) is 0.552. The van der Waals surface area contributed by atoms with E-state index in [1.165, 1.54) is 0 Å². The van der Waals surface area contributed by atoms with Crippen molar-refractivity contribution in [1.82, 2.24) is 10.3 Å². The number of nitrogens with zero attached hydrogens (tertiary/aromatic N) is 2. The van der Waals surface area contributed by atoms with Crippen LogP contribution in [-0.2, 0) is 16.0 Å². The molecule has 5 nitrogen and oxygen atoms in total. The fourth-order valence-corrected chi connectivity index (χ4v) is 3.03. The Labute approximate surface area is 145 Å². The molecule has 6 heteroatoms. The molecule has 0 radical (unpaired) electrons. The van der Waals surface area contributed by atoms with E-state index in [-0.39, 0.29) is 11.8 Å². The second-order valence-electron chi connectivity index (χ2n) is 5.71. The van der Waals surface area contributed by atoms with Crippen LogP contribution in [0, 0.1) is 0 Å². The number of hydrogen-bond donors (Lipinski definition) is 1. The summed E-state index contributed by atoms with van der Waals surface area (Å²) in [5.74, 6) is -0.240. The Kier molecular flexibility index (Phi) is 5.11. The molecule has 1 saturated heterocycles. The first kappa shape index (κ1) is 16.5. The lowest BCUT2D eigenvalue weighted by Gasteiger charge is -2.18. The number of hydrogen-bond acceptors (Lipinski definition) is 3. The van der Waals surface area contributed by atoms with Crippen LogP contribution in [0.2, 0.25) is 5.02 Å². The van der Waals surface area contributed by atoms with Crippen molar-refractivity contribution >= 4 is 29.1 Å². The van der Waals surface area contributed by atoms with Crippen LogP contribution >= 0.6 is 11.6 Å². The zero-order valence-electron chi connectivity index (χ0n) is 13.1. The Hall–Kier alpha value is -2.40. The van der Waals surface area contributed by atoms with Crippen LogP contribution in [0.5, 0.6) is 0 Å². The summed E-state index contributed by atoms with van der Waals surface area (Å²) in [4.78, 5) is 30.3. The largest absolute Gasteiger partial charge is 0.344 e. The number of nitrogens with one attached hydrogen (secondary N) is 1. The number of amides is 2. The minimum Gasteiger partial charge on any atom is -0.344 e. The second kappa shape index (κ2) is 7.45. The summed E-state index contributed by atoms with van der Waals surface area (Å²) in [7, 11) is 0. The van der Waals surface area contributed by atoms with Crippen LogP contribution in [0.4, 0.5) is 5.69 Å². The molecule has 1 fully saturated rings. The summed E-state index contributed by atoms with van der Waals surface area (Å²) in [5, 5.41) is 3.36. The molecular formula is C18H18ClN3O2. The van der Waals surface area contributed by atoms with E-state index in [4.69, 9.17) is 11.6 Å². The molecule has 1 N–H and O–H groups in total. The molecule has 1 aliphatic rings. The van der Waals surface area contributed by atoms with Crippen LogP contribution in [0.3, 0.4) is 0 Å². The third-order valence-corrected chi connectivity index (χ3v) is 4.37. The molecule has 3 rings (SSSR count). The van der Waals surface area contributed by atoms with Gasteiger partial charge in [0.25, 0.3) is 0 Å². The van der Waals surface area contributed by atoms with Gasteiger partial charge < -0.3 is 10.2 Å². The van der Waals surface area contributed by atoms with Gasteiger partial charge in [-0.25, -0.2) is 0 Å². The fraction of sp³-hybridized carbons (Fsp3) is 0.278. The molecule has 124 valence electrons. The molecular weight excluding hydrogens is 326 g/mol. The maximum absolute atomic E-state index is 12.5. The monoisotopic (exact) mass is 343 g/mol. The van der Waals surface area contributed by atoms with Crippen molar-refractivity contribution < 1.29 is 9.59 Å². The van der Waals surface area contributed by atoms with Crippen LogP contribution in [-0.4, -0.2) is 29.4 Å². The first-order chi connectivity index (χ1) is 11.6. The summed E-state index contributed by atoms with van der Waals surface area (Å²) < 4.78 is 0. The average molecular weight is 344 g/mol. The van der Waals surface area contributed by atoms with E-state index in [1.54, 1.807) is 23.4 Å². The van der Waals surface area contributed by atoms with Crippen molar-refractivity contribution in [3.05, 3.63) is 59.4 Å². The number of carbonyl (C=O) groups excluding carboxylic acids is 2. The zero-order valence-corrected chi connectivity index (χ0v) is 13.9.